The van der Waals surface area contributed by atoms with Gasteiger partial charge in [0.2, 0.25) is 0 Å². The molecule has 1 saturated heterocycles. The first-order chi connectivity index (χ1) is 9.63. The molecule has 0 aromatic carbocycles. The molecular weight excluding hydrogens is 260 g/mol. The maximum Gasteiger partial charge on any atom is 0.261 e. The molecule has 20 heavy (non-hydrogen) atoms. The summed E-state index contributed by atoms with van der Waals surface area (Å²) >= 11 is 0. The Morgan fingerprint density at radius 1 is 1.40 bits per heavy atom. The third kappa shape index (κ3) is 3.17. The van der Waals surface area contributed by atoms with Gasteiger partial charge in [0.25, 0.3) is 5.56 Å². The summed E-state index contributed by atoms with van der Waals surface area (Å²) in [5.41, 5.74) is 6.37. The summed E-state index contributed by atoms with van der Waals surface area (Å²) in [6.45, 7) is 6.47. The Morgan fingerprint density at radius 2 is 2.10 bits per heavy atom. The van der Waals surface area contributed by atoms with Crippen LogP contribution in [-0.2, 0) is 11.3 Å². The number of morpholine rings is 1. The van der Waals surface area contributed by atoms with Crippen LogP contribution in [0.1, 0.15) is 11.3 Å². The number of amidine groups is 1. The number of rotatable bonds is 4. The number of nitrogens with zero attached hydrogens (tertiary/aromatic N) is 3. The van der Waals surface area contributed by atoms with Gasteiger partial charge in [-0.1, -0.05) is 5.16 Å². The lowest BCUT2D eigenvalue weighted by atomic mass is 10.2. The van der Waals surface area contributed by atoms with E-state index in [0.717, 1.165) is 38.5 Å². The molecule has 110 valence electrons. The van der Waals surface area contributed by atoms with Crippen molar-refractivity contribution in [1.29, 1.82) is 0 Å². The van der Waals surface area contributed by atoms with E-state index in [0.29, 0.717) is 6.54 Å². The molecule has 1 aromatic rings. The quantitative estimate of drug-likeness (QED) is 0.338. The lowest BCUT2D eigenvalue weighted by Crippen LogP contribution is -2.40. The van der Waals surface area contributed by atoms with Crippen LogP contribution in [0.2, 0.25) is 0 Å². The Labute approximate surface area is 117 Å². The highest BCUT2D eigenvalue weighted by atomic mass is 16.5. The van der Waals surface area contributed by atoms with Crippen LogP contribution in [0.5, 0.6) is 0 Å². The number of pyridine rings is 1. The molecule has 1 aromatic heterocycles. The van der Waals surface area contributed by atoms with Crippen LogP contribution in [-0.4, -0.2) is 53.4 Å². The number of nitrogens with two attached hydrogens (primary N) is 1. The molecule has 3 N–H and O–H groups in total. The van der Waals surface area contributed by atoms with E-state index in [2.05, 4.69) is 10.1 Å². The van der Waals surface area contributed by atoms with Crippen molar-refractivity contribution >= 4 is 5.84 Å². The zero-order chi connectivity index (χ0) is 14.5. The Kier molecular flexibility index (Phi) is 4.75. The van der Waals surface area contributed by atoms with Gasteiger partial charge >= 0.3 is 0 Å². The SMILES string of the molecule is Cc1ccc(/C(N)=N/O)c(=O)n1CCN1CCOCC1. The number of ether oxygens (including phenoxy) is 1. The number of aromatic nitrogens is 1. The number of oxime groups is 1. The van der Waals surface area contributed by atoms with E-state index in [1.807, 2.05) is 6.92 Å². The minimum atomic E-state index is -0.228. The molecule has 0 aliphatic carbocycles. The highest BCUT2D eigenvalue weighted by molar-refractivity contribution is 5.96. The van der Waals surface area contributed by atoms with Gasteiger partial charge in [-0.15, -0.1) is 0 Å². The molecule has 7 nitrogen and oxygen atoms in total. The van der Waals surface area contributed by atoms with E-state index in [9.17, 15) is 4.79 Å². The van der Waals surface area contributed by atoms with Crippen LogP contribution in [0.3, 0.4) is 0 Å². The summed E-state index contributed by atoms with van der Waals surface area (Å²) in [4.78, 5) is 14.6. The molecule has 1 fully saturated rings. The van der Waals surface area contributed by atoms with E-state index in [4.69, 9.17) is 15.7 Å². The molecule has 0 radical (unpaired) electrons. The second kappa shape index (κ2) is 6.53. The molecule has 2 heterocycles. The lowest BCUT2D eigenvalue weighted by Gasteiger charge is -2.27. The Bertz CT molecular complexity index is 547. The fraction of sp³-hybridized carbons (Fsp3) is 0.538. The van der Waals surface area contributed by atoms with Gasteiger partial charge in [0.15, 0.2) is 5.84 Å². The van der Waals surface area contributed by atoms with Crippen LogP contribution >= 0.6 is 0 Å². The van der Waals surface area contributed by atoms with Crippen molar-refractivity contribution in [3.05, 3.63) is 33.7 Å². The number of hydrogen-bond donors (Lipinski definition) is 2. The Balaban J connectivity index is 2.16. The first-order valence-electron chi connectivity index (χ1n) is 6.62. The van der Waals surface area contributed by atoms with Crippen LogP contribution in [0, 0.1) is 6.92 Å². The van der Waals surface area contributed by atoms with Crippen molar-refractivity contribution < 1.29 is 9.94 Å². The highest BCUT2D eigenvalue weighted by Crippen LogP contribution is 2.01. The van der Waals surface area contributed by atoms with Gasteiger partial charge in [-0.05, 0) is 19.1 Å². The third-order valence-electron chi connectivity index (χ3n) is 3.52. The second-order valence-electron chi connectivity index (χ2n) is 4.78. The predicted octanol–water partition coefficient (Wildman–Crippen LogP) is -0.417. The van der Waals surface area contributed by atoms with Crippen molar-refractivity contribution in [2.45, 2.75) is 13.5 Å². The maximum atomic E-state index is 12.3. The zero-order valence-corrected chi connectivity index (χ0v) is 11.6. The molecule has 1 aliphatic heterocycles. The standard InChI is InChI=1S/C13H20N4O3/c1-10-2-3-11(12(14)15-19)13(18)17(10)5-4-16-6-8-20-9-7-16/h2-3,19H,4-9H2,1H3,(H2,14,15). The highest BCUT2D eigenvalue weighted by Gasteiger charge is 2.13. The van der Waals surface area contributed by atoms with E-state index in [1.165, 1.54) is 0 Å². The first-order valence-corrected chi connectivity index (χ1v) is 6.62. The monoisotopic (exact) mass is 280 g/mol. The van der Waals surface area contributed by atoms with Crippen molar-refractivity contribution in [3.8, 4) is 0 Å². The molecule has 0 bridgehead atoms. The zero-order valence-electron chi connectivity index (χ0n) is 11.6. The largest absolute Gasteiger partial charge is 0.409 e. The van der Waals surface area contributed by atoms with Gasteiger partial charge in [-0.25, -0.2) is 0 Å². The molecule has 2 rings (SSSR count). The minimum absolute atomic E-state index is 0.157. The number of hydrogen-bond acceptors (Lipinski definition) is 5. The summed E-state index contributed by atoms with van der Waals surface area (Å²) in [5, 5.41) is 11.6. The molecule has 0 saturated carbocycles. The van der Waals surface area contributed by atoms with Crippen molar-refractivity contribution in [2.75, 3.05) is 32.8 Å². The van der Waals surface area contributed by atoms with Gasteiger partial charge in [-0.3, -0.25) is 9.69 Å². The summed E-state index contributed by atoms with van der Waals surface area (Å²) in [6.07, 6.45) is 0. The fourth-order valence-electron chi connectivity index (χ4n) is 2.26. The van der Waals surface area contributed by atoms with Crippen molar-refractivity contribution in [2.24, 2.45) is 10.9 Å². The normalized spacial score (nSPS) is 17.4. The Morgan fingerprint density at radius 3 is 2.75 bits per heavy atom. The second-order valence-corrected chi connectivity index (χ2v) is 4.78. The van der Waals surface area contributed by atoms with Crippen LogP contribution in [0.4, 0.5) is 0 Å². The topological polar surface area (TPSA) is 93.1 Å². The third-order valence-corrected chi connectivity index (χ3v) is 3.52. The van der Waals surface area contributed by atoms with Gasteiger partial charge < -0.3 is 20.2 Å². The maximum absolute atomic E-state index is 12.3. The van der Waals surface area contributed by atoms with E-state index in [-0.39, 0.29) is 17.0 Å². The van der Waals surface area contributed by atoms with E-state index in [1.54, 1.807) is 16.7 Å². The van der Waals surface area contributed by atoms with E-state index >= 15 is 0 Å². The molecule has 0 amide bonds. The molecule has 7 heteroatoms. The molecule has 0 spiro atoms. The summed E-state index contributed by atoms with van der Waals surface area (Å²) < 4.78 is 6.95. The lowest BCUT2D eigenvalue weighted by molar-refractivity contribution is 0.0362. The van der Waals surface area contributed by atoms with Gasteiger partial charge in [0.1, 0.15) is 0 Å². The van der Waals surface area contributed by atoms with E-state index < -0.39 is 0 Å². The van der Waals surface area contributed by atoms with Crippen molar-refractivity contribution in [3.63, 3.8) is 0 Å². The minimum Gasteiger partial charge on any atom is -0.409 e. The van der Waals surface area contributed by atoms with Crippen LogP contribution < -0.4 is 11.3 Å². The molecule has 1 aliphatic rings. The Hall–Kier alpha value is -1.86. The number of aryl methyl sites for hydroxylation is 1. The van der Waals surface area contributed by atoms with Crippen molar-refractivity contribution in [1.82, 2.24) is 9.47 Å². The van der Waals surface area contributed by atoms with Crippen LogP contribution in [0.15, 0.2) is 22.1 Å². The van der Waals surface area contributed by atoms with Gasteiger partial charge in [-0.2, -0.15) is 0 Å². The summed E-state index contributed by atoms with van der Waals surface area (Å²) in [6, 6.07) is 3.38. The summed E-state index contributed by atoms with van der Waals surface area (Å²) in [7, 11) is 0. The average molecular weight is 280 g/mol. The molecule has 0 atom stereocenters. The van der Waals surface area contributed by atoms with Gasteiger partial charge in [0, 0.05) is 31.9 Å². The summed E-state index contributed by atoms with van der Waals surface area (Å²) in [5.74, 6) is -0.157. The first kappa shape index (κ1) is 14.5. The fourth-order valence-corrected chi connectivity index (χ4v) is 2.26. The average Bonchev–Trinajstić information content (AvgIpc) is 2.47. The molecule has 0 unspecified atom stereocenters. The smallest absolute Gasteiger partial charge is 0.261 e. The van der Waals surface area contributed by atoms with Gasteiger partial charge in [0.05, 0.1) is 18.8 Å². The molecular formula is C13H20N4O3. The van der Waals surface area contributed by atoms with Crippen LogP contribution in [0.25, 0.3) is 0 Å². The predicted molar refractivity (Wildman–Crippen MR) is 75.2 cm³/mol.